The minimum absolute atomic E-state index is 0.313. The number of aromatic nitrogens is 1. The maximum Gasteiger partial charge on any atom is 0.328 e. The quantitative estimate of drug-likeness (QED) is 0.530. The third kappa shape index (κ3) is 3.96. The molecule has 1 aromatic carbocycles. The number of methoxy groups -OCH3 is 1. The van der Waals surface area contributed by atoms with Gasteiger partial charge < -0.3 is 15.0 Å². The molecule has 0 aliphatic heterocycles. The van der Waals surface area contributed by atoms with E-state index in [0.29, 0.717) is 11.3 Å². The smallest absolute Gasteiger partial charge is 0.328 e. The third-order valence-electron chi connectivity index (χ3n) is 3.76. The van der Waals surface area contributed by atoms with Crippen molar-refractivity contribution in [1.29, 1.82) is 0 Å². The fourth-order valence-corrected chi connectivity index (χ4v) is 4.48. The molecule has 0 radical (unpaired) electrons. The lowest BCUT2D eigenvalue weighted by atomic mass is 10.0. The summed E-state index contributed by atoms with van der Waals surface area (Å²) in [5, 5.41) is 3.79. The third-order valence-corrected chi connectivity index (χ3v) is 7.01. The first-order valence-electron chi connectivity index (χ1n) is 7.38. The van der Waals surface area contributed by atoms with Gasteiger partial charge in [0.05, 0.1) is 15.8 Å². The lowest BCUT2D eigenvalue weighted by molar-refractivity contribution is -0.142. The van der Waals surface area contributed by atoms with E-state index >= 15 is 0 Å². The van der Waals surface area contributed by atoms with Crippen molar-refractivity contribution in [3.63, 3.8) is 0 Å². The van der Waals surface area contributed by atoms with Gasteiger partial charge in [0, 0.05) is 28.0 Å². The summed E-state index contributed by atoms with van der Waals surface area (Å²) >= 11 is 8.02. The number of hydrogen-bond acceptors (Lipinski definition) is 4. The number of ether oxygens (including phenoxy) is 1. The average Bonchev–Trinajstić information content (AvgIpc) is 3.17. The Morgan fingerprint density at radius 3 is 2.76 bits per heavy atom. The largest absolute Gasteiger partial charge is 0.467 e. The van der Waals surface area contributed by atoms with Crippen LogP contribution in [0.1, 0.15) is 15.2 Å². The van der Waals surface area contributed by atoms with Gasteiger partial charge in [0.15, 0.2) is 0 Å². The van der Waals surface area contributed by atoms with Gasteiger partial charge >= 0.3 is 5.97 Å². The Morgan fingerprint density at radius 2 is 2.08 bits per heavy atom. The van der Waals surface area contributed by atoms with Crippen molar-refractivity contribution in [3.05, 3.63) is 55.2 Å². The fraction of sp³-hybridized carbons (Fsp3) is 0.176. The van der Waals surface area contributed by atoms with Crippen LogP contribution in [-0.2, 0) is 16.0 Å². The normalized spacial score (nSPS) is 12.1. The second-order valence-electron chi connectivity index (χ2n) is 5.35. The molecule has 0 saturated heterocycles. The molecular weight excluding hydrogens is 472 g/mol. The van der Waals surface area contributed by atoms with Gasteiger partial charge in [0.1, 0.15) is 6.04 Å². The molecule has 2 aromatic heterocycles. The van der Waals surface area contributed by atoms with E-state index in [-0.39, 0.29) is 5.91 Å². The highest BCUT2D eigenvalue weighted by Gasteiger charge is 2.25. The van der Waals surface area contributed by atoms with E-state index in [9.17, 15) is 9.59 Å². The van der Waals surface area contributed by atoms with E-state index in [0.717, 1.165) is 24.7 Å². The lowest BCUT2D eigenvalue weighted by Crippen LogP contribution is -2.42. The van der Waals surface area contributed by atoms with Crippen LogP contribution < -0.4 is 5.32 Å². The Labute approximate surface area is 165 Å². The molecule has 8 heteroatoms. The predicted molar refractivity (Wildman–Crippen MR) is 105 cm³/mol. The summed E-state index contributed by atoms with van der Waals surface area (Å²) in [4.78, 5) is 28.3. The molecule has 1 amide bonds. The monoisotopic (exact) mass is 484 g/mol. The highest BCUT2D eigenvalue weighted by Crippen LogP contribution is 2.32. The Hall–Kier alpha value is -1.64. The van der Waals surface area contributed by atoms with Crippen LogP contribution in [0, 0.1) is 0 Å². The number of hydrogen-bond donors (Lipinski definition) is 2. The van der Waals surface area contributed by atoms with Crippen molar-refractivity contribution < 1.29 is 14.3 Å². The zero-order valence-corrected chi connectivity index (χ0v) is 17.1. The first-order chi connectivity index (χ1) is 12.0. The first-order valence-corrected chi connectivity index (χ1v) is 9.78. The van der Waals surface area contributed by atoms with Crippen LogP contribution in [0.15, 0.2) is 44.8 Å². The van der Waals surface area contributed by atoms with Gasteiger partial charge in [0.25, 0.3) is 5.91 Å². The number of benzene rings is 1. The van der Waals surface area contributed by atoms with Gasteiger partial charge in [-0.15, -0.1) is 11.3 Å². The Balaban J connectivity index is 1.82. The minimum atomic E-state index is -0.767. The summed E-state index contributed by atoms with van der Waals surface area (Å²) in [6.07, 6.45) is 2.20. The molecule has 130 valence electrons. The van der Waals surface area contributed by atoms with Gasteiger partial charge in [-0.05, 0) is 49.6 Å². The zero-order valence-electron chi connectivity index (χ0n) is 13.1. The molecule has 0 aliphatic carbocycles. The van der Waals surface area contributed by atoms with Gasteiger partial charge in [0.2, 0.25) is 0 Å². The van der Waals surface area contributed by atoms with E-state index in [1.807, 2.05) is 30.5 Å². The molecule has 0 aliphatic rings. The van der Waals surface area contributed by atoms with Crippen LogP contribution in [0.25, 0.3) is 10.9 Å². The number of rotatable bonds is 5. The number of amides is 1. The van der Waals surface area contributed by atoms with E-state index in [4.69, 9.17) is 4.74 Å². The number of carbonyl (C=O) groups is 2. The topological polar surface area (TPSA) is 71.2 Å². The van der Waals surface area contributed by atoms with Crippen molar-refractivity contribution >= 4 is 66.0 Å². The van der Waals surface area contributed by atoms with Gasteiger partial charge in [-0.3, -0.25) is 4.79 Å². The summed E-state index contributed by atoms with van der Waals surface area (Å²) < 4.78 is 6.48. The number of esters is 1. The fourth-order valence-electron chi connectivity index (χ4n) is 2.54. The minimum Gasteiger partial charge on any atom is -0.467 e. The molecule has 0 fully saturated rings. The molecule has 0 unspecified atom stereocenters. The van der Waals surface area contributed by atoms with E-state index in [2.05, 4.69) is 42.2 Å². The molecule has 5 nitrogen and oxygen atoms in total. The SMILES string of the molecule is COC(=O)[C@@H](Cc1c[nH]c2ccccc12)NC(=O)c1cc(Br)c(Br)s1. The van der Waals surface area contributed by atoms with Crippen molar-refractivity contribution in [2.75, 3.05) is 7.11 Å². The molecule has 2 heterocycles. The van der Waals surface area contributed by atoms with Crippen molar-refractivity contribution in [3.8, 4) is 0 Å². The summed E-state index contributed by atoms with van der Waals surface area (Å²) in [6.45, 7) is 0. The summed E-state index contributed by atoms with van der Waals surface area (Å²) in [5.74, 6) is -0.792. The Bertz CT molecular complexity index is 916. The standard InChI is InChI=1S/C17H14Br2N2O3S/c1-24-17(23)13(21-16(22)14-7-11(18)15(19)25-14)6-9-8-20-12-5-3-2-4-10(9)12/h2-5,7-8,13,20H,6H2,1H3,(H,21,22)/t13-/m1/s1. The second-order valence-corrected chi connectivity index (χ2v) is 8.57. The molecule has 3 rings (SSSR count). The second kappa shape index (κ2) is 7.72. The zero-order chi connectivity index (χ0) is 18.0. The van der Waals surface area contributed by atoms with Crippen LogP contribution in [-0.4, -0.2) is 30.0 Å². The lowest BCUT2D eigenvalue weighted by Gasteiger charge is -2.15. The summed E-state index contributed by atoms with van der Waals surface area (Å²) in [5.41, 5.74) is 1.93. The molecule has 0 spiro atoms. The Morgan fingerprint density at radius 1 is 1.32 bits per heavy atom. The molecule has 1 atom stereocenters. The van der Waals surface area contributed by atoms with Gasteiger partial charge in [-0.25, -0.2) is 4.79 Å². The van der Waals surface area contributed by atoms with Crippen LogP contribution in [0.4, 0.5) is 0 Å². The van der Waals surface area contributed by atoms with Crippen LogP contribution in [0.5, 0.6) is 0 Å². The highest BCUT2D eigenvalue weighted by atomic mass is 79.9. The molecule has 3 aromatic rings. The molecular formula is C17H14Br2N2O3S. The van der Waals surface area contributed by atoms with Gasteiger partial charge in [-0.1, -0.05) is 18.2 Å². The van der Waals surface area contributed by atoms with Crippen molar-refractivity contribution in [1.82, 2.24) is 10.3 Å². The number of halogens is 2. The average molecular weight is 486 g/mol. The van der Waals surface area contributed by atoms with Crippen LogP contribution in [0.2, 0.25) is 0 Å². The summed E-state index contributed by atoms with van der Waals surface area (Å²) in [6, 6.07) is 8.76. The van der Waals surface area contributed by atoms with E-state index < -0.39 is 12.0 Å². The number of carbonyl (C=O) groups excluding carboxylic acids is 2. The summed E-state index contributed by atoms with van der Waals surface area (Å²) in [7, 11) is 1.31. The van der Waals surface area contributed by atoms with Gasteiger partial charge in [-0.2, -0.15) is 0 Å². The first kappa shape index (κ1) is 18.2. The van der Waals surface area contributed by atoms with Crippen molar-refractivity contribution in [2.24, 2.45) is 0 Å². The molecule has 0 bridgehead atoms. The highest BCUT2D eigenvalue weighted by molar-refractivity contribution is 9.13. The van der Waals surface area contributed by atoms with Crippen molar-refractivity contribution in [2.45, 2.75) is 12.5 Å². The number of aromatic amines is 1. The van der Waals surface area contributed by atoms with E-state index in [1.165, 1.54) is 18.4 Å². The van der Waals surface area contributed by atoms with Crippen LogP contribution >= 0.6 is 43.2 Å². The molecule has 2 N–H and O–H groups in total. The Kier molecular flexibility index (Phi) is 5.61. The van der Waals surface area contributed by atoms with Crippen LogP contribution in [0.3, 0.4) is 0 Å². The predicted octanol–water partition coefficient (Wildman–Crippen LogP) is 4.27. The number of thiophene rings is 1. The number of H-pyrrole nitrogens is 1. The number of fused-ring (bicyclic) bond motifs is 1. The molecule has 0 saturated carbocycles. The van der Waals surface area contributed by atoms with E-state index in [1.54, 1.807) is 6.07 Å². The maximum atomic E-state index is 12.5. The number of para-hydroxylation sites is 1. The molecule has 25 heavy (non-hydrogen) atoms. The maximum absolute atomic E-state index is 12.5. The number of nitrogens with one attached hydrogen (secondary N) is 2.